The summed E-state index contributed by atoms with van der Waals surface area (Å²) in [7, 11) is 0. The number of benzene rings is 3. The number of carbonyl (C=O) groups is 2. The molecule has 3 aromatic rings. The van der Waals surface area contributed by atoms with Gasteiger partial charge in [0.1, 0.15) is 0 Å². The van der Waals surface area contributed by atoms with Crippen molar-refractivity contribution in [3.05, 3.63) is 98.1 Å². The van der Waals surface area contributed by atoms with Gasteiger partial charge in [-0.05, 0) is 42.8 Å². The molecule has 0 aliphatic rings. The maximum absolute atomic E-state index is 12.4. The SMILES string of the molecule is Cc1ccc([N+](=O)[O-])cc1NC(=O)CSc1cccc(NC(=O)c2ccc([N+](=O)[O-])cc2)c1. The molecule has 0 unspecified atom stereocenters. The van der Waals surface area contributed by atoms with Gasteiger partial charge in [-0.25, -0.2) is 0 Å². The molecular formula is C22H18N4O6S. The predicted octanol–water partition coefficient (Wildman–Crippen LogP) is 4.79. The zero-order chi connectivity index (χ0) is 24.0. The lowest BCUT2D eigenvalue weighted by atomic mass is 10.2. The van der Waals surface area contributed by atoms with Crippen molar-refractivity contribution in [2.75, 3.05) is 16.4 Å². The monoisotopic (exact) mass is 466 g/mol. The van der Waals surface area contributed by atoms with Crippen LogP contribution < -0.4 is 10.6 Å². The van der Waals surface area contributed by atoms with E-state index in [4.69, 9.17) is 0 Å². The number of anilines is 2. The first-order valence-corrected chi connectivity index (χ1v) is 10.5. The van der Waals surface area contributed by atoms with E-state index >= 15 is 0 Å². The van der Waals surface area contributed by atoms with Crippen molar-refractivity contribution in [1.29, 1.82) is 0 Å². The number of hydrogen-bond donors (Lipinski definition) is 2. The highest BCUT2D eigenvalue weighted by atomic mass is 32.2. The quantitative estimate of drug-likeness (QED) is 0.276. The van der Waals surface area contributed by atoms with E-state index in [0.717, 1.165) is 4.90 Å². The molecule has 0 saturated heterocycles. The Morgan fingerprint density at radius 1 is 0.879 bits per heavy atom. The maximum atomic E-state index is 12.4. The summed E-state index contributed by atoms with van der Waals surface area (Å²) in [6.07, 6.45) is 0. The number of amides is 2. The molecule has 0 heterocycles. The maximum Gasteiger partial charge on any atom is 0.271 e. The van der Waals surface area contributed by atoms with Crippen molar-refractivity contribution in [2.24, 2.45) is 0 Å². The molecule has 0 aromatic heterocycles. The molecule has 3 aromatic carbocycles. The molecular weight excluding hydrogens is 448 g/mol. The van der Waals surface area contributed by atoms with Crippen LogP contribution in [0, 0.1) is 27.2 Å². The number of rotatable bonds is 8. The van der Waals surface area contributed by atoms with E-state index in [1.54, 1.807) is 37.3 Å². The first kappa shape index (κ1) is 23.4. The standard InChI is InChI=1S/C22H18N4O6S/c1-14-5-8-18(26(31)32)12-20(14)24-21(27)13-33-19-4-2-3-16(11-19)23-22(28)15-6-9-17(10-7-15)25(29)30/h2-12H,13H2,1H3,(H,23,28)(H,24,27). The number of nitro benzene ring substituents is 2. The minimum absolute atomic E-state index is 0.0574. The van der Waals surface area contributed by atoms with Crippen LogP contribution in [-0.4, -0.2) is 27.4 Å². The second-order valence-corrected chi connectivity index (χ2v) is 7.93. The third-order valence-corrected chi connectivity index (χ3v) is 5.50. The zero-order valence-corrected chi connectivity index (χ0v) is 18.1. The molecule has 33 heavy (non-hydrogen) atoms. The smallest absolute Gasteiger partial charge is 0.271 e. The van der Waals surface area contributed by atoms with Crippen LogP contribution in [0.2, 0.25) is 0 Å². The van der Waals surface area contributed by atoms with Crippen molar-refractivity contribution < 1.29 is 19.4 Å². The van der Waals surface area contributed by atoms with Crippen molar-refractivity contribution in [3.8, 4) is 0 Å². The molecule has 10 nitrogen and oxygen atoms in total. The van der Waals surface area contributed by atoms with E-state index in [1.165, 1.54) is 48.2 Å². The van der Waals surface area contributed by atoms with E-state index in [0.29, 0.717) is 16.9 Å². The Morgan fingerprint density at radius 3 is 2.21 bits per heavy atom. The van der Waals surface area contributed by atoms with Crippen molar-refractivity contribution >= 4 is 46.3 Å². The molecule has 2 amide bonds. The fourth-order valence-electron chi connectivity index (χ4n) is 2.79. The Balaban J connectivity index is 1.59. The first-order chi connectivity index (χ1) is 15.7. The Hall–Kier alpha value is -4.25. The molecule has 0 bridgehead atoms. The van der Waals surface area contributed by atoms with Crippen LogP contribution in [0.1, 0.15) is 15.9 Å². The molecule has 2 N–H and O–H groups in total. The van der Waals surface area contributed by atoms with Gasteiger partial charge in [0.25, 0.3) is 17.3 Å². The number of aryl methyl sites for hydroxylation is 1. The number of nitrogens with zero attached hydrogens (tertiary/aromatic N) is 2. The molecule has 0 fully saturated rings. The fourth-order valence-corrected chi connectivity index (χ4v) is 3.55. The number of hydrogen-bond acceptors (Lipinski definition) is 7. The van der Waals surface area contributed by atoms with Gasteiger partial charge in [-0.2, -0.15) is 0 Å². The van der Waals surface area contributed by atoms with Gasteiger partial charge >= 0.3 is 0 Å². The number of nitrogens with one attached hydrogen (secondary N) is 2. The van der Waals surface area contributed by atoms with Crippen LogP contribution in [0.25, 0.3) is 0 Å². The largest absolute Gasteiger partial charge is 0.325 e. The van der Waals surface area contributed by atoms with E-state index in [1.807, 2.05) is 0 Å². The fraction of sp³-hybridized carbons (Fsp3) is 0.0909. The van der Waals surface area contributed by atoms with Gasteiger partial charge in [0, 0.05) is 40.4 Å². The Bertz CT molecular complexity index is 1230. The lowest BCUT2D eigenvalue weighted by Gasteiger charge is -2.09. The average molecular weight is 466 g/mol. The van der Waals surface area contributed by atoms with E-state index in [2.05, 4.69) is 10.6 Å². The summed E-state index contributed by atoms with van der Waals surface area (Å²) in [5.74, 6) is -0.697. The Kier molecular flexibility index (Phi) is 7.36. The topological polar surface area (TPSA) is 144 Å². The zero-order valence-electron chi connectivity index (χ0n) is 17.3. The second kappa shape index (κ2) is 10.4. The van der Waals surface area contributed by atoms with Crippen LogP contribution in [-0.2, 0) is 4.79 Å². The Morgan fingerprint density at radius 2 is 1.55 bits per heavy atom. The van der Waals surface area contributed by atoms with Crippen LogP contribution in [0.5, 0.6) is 0 Å². The molecule has 0 saturated carbocycles. The molecule has 0 aliphatic heterocycles. The summed E-state index contributed by atoms with van der Waals surface area (Å²) < 4.78 is 0. The van der Waals surface area contributed by atoms with Gasteiger partial charge in [-0.1, -0.05) is 12.1 Å². The third kappa shape index (κ3) is 6.37. The number of carbonyl (C=O) groups excluding carboxylic acids is 2. The minimum Gasteiger partial charge on any atom is -0.325 e. The van der Waals surface area contributed by atoms with E-state index in [-0.39, 0.29) is 28.6 Å². The van der Waals surface area contributed by atoms with E-state index in [9.17, 15) is 29.8 Å². The average Bonchev–Trinajstić information content (AvgIpc) is 2.79. The highest BCUT2D eigenvalue weighted by molar-refractivity contribution is 8.00. The summed E-state index contributed by atoms with van der Waals surface area (Å²) in [5, 5.41) is 27.0. The molecule has 0 aliphatic carbocycles. The molecule has 0 radical (unpaired) electrons. The van der Waals surface area contributed by atoms with Gasteiger partial charge in [-0.3, -0.25) is 29.8 Å². The predicted molar refractivity (Wildman–Crippen MR) is 125 cm³/mol. The lowest BCUT2D eigenvalue weighted by Crippen LogP contribution is -2.15. The summed E-state index contributed by atoms with van der Waals surface area (Å²) in [6, 6.07) is 16.4. The number of thioether (sulfide) groups is 1. The molecule has 3 rings (SSSR count). The summed E-state index contributed by atoms with van der Waals surface area (Å²) >= 11 is 1.23. The number of nitro groups is 2. The van der Waals surface area contributed by atoms with Gasteiger partial charge in [0.15, 0.2) is 0 Å². The number of non-ortho nitro benzene ring substituents is 2. The van der Waals surface area contributed by atoms with Crippen molar-refractivity contribution in [3.63, 3.8) is 0 Å². The first-order valence-electron chi connectivity index (χ1n) is 9.56. The van der Waals surface area contributed by atoms with Crippen LogP contribution in [0.3, 0.4) is 0 Å². The molecule has 0 atom stereocenters. The van der Waals surface area contributed by atoms with Crippen LogP contribution in [0.15, 0.2) is 71.6 Å². The van der Waals surface area contributed by atoms with Gasteiger partial charge in [-0.15, -0.1) is 11.8 Å². The minimum atomic E-state index is -0.543. The Labute approximate surface area is 192 Å². The van der Waals surface area contributed by atoms with Gasteiger partial charge in [0.2, 0.25) is 5.91 Å². The highest BCUT2D eigenvalue weighted by Crippen LogP contribution is 2.25. The molecule has 0 spiro atoms. The van der Waals surface area contributed by atoms with Gasteiger partial charge < -0.3 is 10.6 Å². The molecule has 168 valence electrons. The van der Waals surface area contributed by atoms with Gasteiger partial charge in [0.05, 0.1) is 21.3 Å². The van der Waals surface area contributed by atoms with Crippen LogP contribution in [0.4, 0.5) is 22.7 Å². The third-order valence-electron chi connectivity index (χ3n) is 4.51. The second-order valence-electron chi connectivity index (χ2n) is 6.88. The summed E-state index contributed by atoms with van der Waals surface area (Å²) in [6.45, 7) is 1.74. The summed E-state index contributed by atoms with van der Waals surface area (Å²) in [4.78, 5) is 46.0. The highest BCUT2D eigenvalue weighted by Gasteiger charge is 2.13. The van der Waals surface area contributed by atoms with Crippen LogP contribution >= 0.6 is 11.8 Å². The van der Waals surface area contributed by atoms with Crippen molar-refractivity contribution in [1.82, 2.24) is 0 Å². The molecule has 11 heteroatoms. The lowest BCUT2D eigenvalue weighted by molar-refractivity contribution is -0.385. The summed E-state index contributed by atoms with van der Waals surface area (Å²) in [5.41, 5.74) is 1.63. The normalized spacial score (nSPS) is 10.3. The van der Waals surface area contributed by atoms with E-state index < -0.39 is 15.8 Å². The van der Waals surface area contributed by atoms with Crippen molar-refractivity contribution in [2.45, 2.75) is 11.8 Å².